The van der Waals surface area contributed by atoms with Gasteiger partial charge in [0.05, 0.1) is 28.7 Å². The smallest absolute Gasteiger partial charge is 0.236 e. The number of hydroxylamine groups is 1. The lowest BCUT2D eigenvalue weighted by Crippen LogP contribution is -2.38. The summed E-state index contributed by atoms with van der Waals surface area (Å²) in [6.07, 6.45) is 7.84. The van der Waals surface area contributed by atoms with Crippen LogP contribution < -0.4 is 10.7 Å². The number of rotatable bonds is 9. The highest BCUT2D eigenvalue weighted by molar-refractivity contribution is 6.17. The molecule has 0 atom stereocenters. The number of carbonyl (C=O) groups is 1. The van der Waals surface area contributed by atoms with Gasteiger partial charge in [-0.2, -0.15) is 0 Å². The molecular weight excluding hydrogens is 428 g/mol. The zero-order valence-corrected chi connectivity index (χ0v) is 21.4. The number of anilines is 1. The predicted molar refractivity (Wildman–Crippen MR) is 137 cm³/mol. The molecule has 0 aliphatic heterocycles. The van der Waals surface area contributed by atoms with E-state index >= 15 is 0 Å². The third-order valence-corrected chi connectivity index (χ3v) is 5.49. The van der Waals surface area contributed by atoms with Gasteiger partial charge in [-0.3, -0.25) is 20.4 Å². The lowest BCUT2D eigenvalue weighted by molar-refractivity contribution is -0.121. The maximum absolute atomic E-state index is 13.4. The maximum atomic E-state index is 13.4. The third kappa shape index (κ3) is 6.82. The van der Waals surface area contributed by atoms with Gasteiger partial charge in [0.1, 0.15) is 5.82 Å². The molecule has 0 unspecified atom stereocenters. The molecule has 3 N–H and O–H groups in total. The van der Waals surface area contributed by atoms with E-state index < -0.39 is 5.41 Å². The summed E-state index contributed by atoms with van der Waals surface area (Å²) >= 11 is 0. The van der Waals surface area contributed by atoms with Crippen molar-refractivity contribution in [1.29, 1.82) is 0 Å². The van der Waals surface area contributed by atoms with Gasteiger partial charge in [-0.1, -0.05) is 19.1 Å². The van der Waals surface area contributed by atoms with E-state index in [0.717, 1.165) is 45.4 Å². The number of hydrazine groups is 1. The van der Waals surface area contributed by atoms with Gasteiger partial charge in [-0.25, -0.2) is 9.98 Å². The zero-order valence-electron chi connectivity index (χ0n) is 21.4. The molecule has 182 valence electrons. The van der Waals surface area contributed by atoms with Crippen molar-refractivity contribution in [1.82, 2.24) is 20.6 Å². The Kier molecular flexibility index (Phi) is 9.23. The molecule has 0 radical (unpaired) electrons. The van der Waals surface area contributed by atoms with Crippen LogP contribution in [0.4, 0.5) is 5.69 Å². The second-order valence-corrected chi connectivity index (χ2v) is 8.77. The first-order valence-corrected chi connectivity index (χ1v) is 11.3. The Hall–Kier alpha value is -3.36. The van der Waals surface area contributed by atoms with E-state index in [4.69, 9.17) is 4.99 Å². The Morgan fingerprint density at radius 1 is 1.26 bits per heavy atom. The molecule has 8 heteroatoms. The molecule has 0 bridgehead atoms. The molecule has 1 aromatic heterocycles. The number of nitrogens with zero attached hydrogens (tertiary/aromatic N) is 4. The van der Waals surface area contributed by atoms with Crippen LogP contribution >= 0.6 is 0 Å². The second kappa shape index (κ2) is 11.7. The average Bonchev–Trinajstić information content (AvgIpc) is 2.78. The number of nitrogens with one attached hydrogen (secondary N) is 2. The second-order valence-electron chi connectivity index (χ2n) is 8.77. The van der Waals surface area contributed by atoms with Crippen LogP contribution in [0.3, 0.4) is 0 Å². The molecule has 34 heavy (non-hydrogen) atoms. The lowest BCUT2D eigenvalue weighted by atomic mass is 9.85. The fourth-order valence-electron chi connectivity index (χ4n) is 3.16. The molecule has 0 spiro atoms. The average molecular weight is 465 g/mol. The van der Waals surface area contributed by atoms with Crippen LogP contribution in [0, 0.1) is 19.3 Å². The summed E-state index contributed by atoms with van der Waals surface area (Å²) in [4.78, 5) is 26.9. The van der Waals surface area contributed by atoms with Crippen molar-refractivity contribution >= 4 is 17.3 Å². The van der Waals surface area contributed by atoms with Crippen LogP contribution in [-0.2, 0) is 4.79 Å². The van der Waals surface area contributed by atoms with E-state index in [-0.39, 0.29) is 5.91 Å². The Bertz CT molecular complexity index is 1120. The Balaban J connectivity index is 2.37. The van der Waals surface area contributed by atoms with Crippen molar-refractivity contribution in [3.05, 3.63) is 65.4 Å². The molecule has 0 saturated carbocycles. The largest absolute Gasteiger partial charge is 0.325 e. The molecule has 0 saturated heterocycles. The Morgan fingerprint density at radius 3 is 2.53 bits per heavy atom. The van der Waals surface area contributed by atoms with E-state index in [2.05, 4.69) is 20.7 Å². The van der Waals surface area contributed by atoms with E-state index in [1.807, 2.05) is 78.8 Å². The number of aliphatic imine (C=N–C) groups is 1. The summed E-state index contributed by atoms with van der Waals surface area (Å²) in [5.41, 5.74) is 7.59. The van der Waals surface area contributed by atoms with Gasteiger partial charge < -0.3 is 5.32 Å². The standard InChI is InChI=1S/C26H36N6O2/c1-9-11-23(30-24(17(3)10-2)31-32(8)34)26(6,7)25(33)29-21-13-12-20(14-18(21)4)22-16-27-15-19(5)28-22/h9,11-16,31,34H,10H2,1-8H3,(H,29,33)/b11-9-,24-17-,30-23-. The van der Waals surface area contributed by atoms with Crippen LogP contribution in [-0.4, -0.2) is 39.0 Å². The fourth-order valence-corrected chi connectivity index (χ4v) is 3.16. The summed E-state index contributed by atoms with van der Waals surface area (Å²) < 4.78 is 0. The number of hydrogen-bond acceptors (Lipinski definition) is 7. The van der Waals surface area contributed by atoms with Gasteiger partial charge in [0.25, 0.3) is 0 Å². The van der Waals surface area contributed by atoms with Gasteiger partial charge in [0.2, 0.25) is 5.91 Å². The zero-order chi connectivity index (χ0) is 25.5. The molecule has 0 fully saturated rings. The van der Waals surface area contributed by atoms with Crippen LogP contribution in [0.1, 0.15) is 52.3 Å². The highest BCUT2D eigenvalue weighted by Gasteiger charge is 2.33. The van der Waals surface area contributed by atoms with Gasteiger partial charge in [-0.15, -0.1) is 5.17 Å². The third-order valence-electron chi connectivity index (χ3n) is 5.49. The lowest BCUT2D eigenvalue weighted by Gasteiger charge is -2.26. The van der Waals surface area contributed by atoms with Gasteiger partial charge in [0.15, 0.2) is 0 Å². The molecule has 1 heterocycles. The van der Waals surface area contributed by atoms with Gasteiger partial charge >= 0.3 is 0 Å². The number of carbonyl (C=O) groups excluding carboxylic acids is 1. The van der Waals surface area contributed by atoms with Crippen molar-refractivity contribution in [2.75, 3.05) is 12.4 Å². The summed E-state index contributed by atoms with van der Waals surface area (Å²) in [6.45, 7) is 13.3. The molecule has 2 aromatic rings. The summed E-state index contributed by atoms with van der Waals surface area (Å²) in [7, 11) is 1.47. The van der Waals surface area contributed by atoms with Crippen LogP contribution in [0.2, 0.25) is 0 Å². The van der Waals surface area contributed by atoms with E-state index in [0.29, 0.717) is 11.5 Å². The predicted octanol–water partition coefficient (Wildman–Crippen LogP) is 5.21. The van der Waals surface area contributed by atoms with Crippen LogP contribution in [0.25, 0.3) is 11.3 Å². The van der Waals surface area contributed by atoms with Crippen molar-refractivity contribution in [2.45, 2.75) is 54.9 Å². The topological polar surface area (TPSA) is 103 Å². The highest BCUT2D eigenvalue weighted by Crippen LogP contribution is 2.27. The van der Waals surface area contributed by atoms with Crippen molar-refractivity contribution in [2.24, 2.45) is 10.4 Å². The summed E-state index contributed by atoms with van der Waals surface area (Å²) in [5, 5.41) is 13.6. The first kappa shape index (κ1) is 26.9. The Labute approximate surface area is 202 Å². The molecule has 0 aliphatic rings. The minimum atomic E-state index is -0.950. The quantitative estimate of drug-likeness (QED) is 0.348. The number of amides is 1. The SMILES string of the molecule is C\C=C/C(=N/C(NN(C)O)=C(\C)CC)C(C)(C)C(=O)Nc1ccc(-c2cncc(C)n2)cc1C. The van der Waals surface area contributed by atoms with Crippen molar-refractivity contribution in [3.63, 3.8) is 0 Å². The molecule has 0 aliphatic carbocycles. The number of allylic oxidation sites excluding steroid dienone is 3. The molecule has 1 aromatic carbocycles. The normalized spacial score (nSPS) is 13.3. The maximum Gasteiger partial charge on any atom is 0.236 e. The molecule has 8 nitrogen and oxygen atoms in total. The van der Waals surface area contributed by atoms with Crippen LogP contribution in [0.5, 0.6) is 0 Å². The molecule has 1 amide bonds. The number of hydrogen-bond donors (Lipinski definition) is 3. The monoisotopic (exact) mass is 464 g/mol. The fraction of sp³-hybridized carbons (Fsp3) is 0.385. The minimum absolute atomic E-state index is 0.193. The first-order valence-electron chi connectivity index (χ1n) is 11.3. The van der Waals surface area contributed by atoms with Gasteiger partial charge in [0, 0.05) is 24.5 Å². The number of aromatic nitrogens is 2. The molecular formula is C26H36N6O2. The number of aryl methyl sites for hydroxylation is 2. The minimum Gasteiger partial charge on any atom is -0.325 e. The van der Waals surface area contributed by atoms with E-state index in [1.165, 1.54) is 7.05 Å². The highest BCUT2D eigenvalue weighted by atomic mass is 16.5. The van der Waals surface area contributed by atoms with Crippen LogP contribution in [0.15, 0.2) is 59.1 Å². The molecule has 2 rings (SSSR count). The van der Waals surface area contributed by atoms with Gasteiger partial charge in [-0.05, 0) is 77.3 Å². The van der Waals surface area contributed by atoms with E-state index in [9.17, 15) is 10.0 Å². The Morgan fingerprint density at radius 2 is 1.97 bits per heavy atom. The first-order chi connectivity index (χ1) is 16.0. The summed E-state index contributed by atoms with van der Waals surface area (Å²) in [5.74, 6) is 0.308. The van der Waals surface area contributed by atoms with Crippen molar-refractivity contribution in [3.8, 4) is 11.3 Å². The number of benzene rings is 1. The van der Waals surface area contributed by atoms with E-state index in [1.54, 1.807) is 12.4 Å². The summed E-state index contributed by atoms with van der Waals surface area (Å²) in [6, 6.07) is 5.79. The van der Waals surface area contributed by atoms with Crippen molar-refractivity contribution < 1.29 is 10.0 Å².